The number of fused-ring (bicyclic) bond motifs is 5. The summed E-state index contributed by atoms with van der Waals surface area (Å²) in [5, 5.41) is 0. The van der Waals surface area contributed by atoms with Gasteiger partial charge < -0.3 is 9.47 Å². The Morgan fingerprint density at radius 1 is 0.667 bits per heavy atom. The van der Waals surface area contributed by atoms with Crippen molar-refractivity contribution in [3.8, 4) is 0 Å². The minimum absolute atomic E-state index is 0.0616. The smallest absolute Gasteiger partial charge is 0.338 e. The predicted molar refractivity (Wildman–Crippen MR) is 136 cm³/mol. The Morgan fingerprint density at radius 3 is 1.81 bits per heavy atom. The summed E-state index contributed by atoms with van der Waals surface area (Å²) in [6.45, 7) is 0. The molecule has 3 fully saturated rings. The van der Waals surface area contributed by atoms with Crippen LogP contribution in [0.5, 0.6) is 0 Å². The molecule has 0 heterocycles. The van der Waals surface area contributed by atoms with E-state index in [1.807, 2.05) is 36.4 Å². The van der Waals surface area contributed by atoms with Crippen molar-refractivity contribution in [2.45, 2.75) is 50.2 Å². The highest BCUT2D eigenvalue weighted by Gasteiger charge is 2.74. The molecule has 6 atom stereocenters. The first-order valence-electron chi connectivity index (χ1n) is 13.3. The van der Waals surface area contributed by atoms with Gasteiger partial charge >= 0.3 is 11.9 Å². The first kappa shape index (κ1) is 21.8. The van der Waals surface area contributed by atoms with E-state index in [2.05, 4.69) is 24.3 Å². The second-order valence-corrected chi connectivity index (χ2v) is 11.1. The minimum Gasteiger partial charge on any atom is -0.454 e. The lowest BCUT2D eigenvalue weighted by molar-refractivity contribution is -0.0699. The van der Waals surface area contributed by atoms with E-state index in [-0.39, 0.29) is 29.2 Å². The zero-order chi connectivity index (χ0) is 24.3. The molecule has 0 aliphatic heterocycles. The number of hydrogen-bond donors (Lipinski definition) is 0. The summed E-state index contributed by atoms with van der Waals surface area (Å²) >= 11 is 0. The van der Waals surface area contributed by atoms with Crippen molar-refractivity contribution in [1.29, 1.82) is 0 Å². The third kappa shape index (κ3) is 3.13. The van der Waals surface area contributed by atoms with Crippen molar-refractivity contribution in [1.82, 2.24) is 0 Å². The molecule has 0 N–H and O–H groups in total. The van der Waals surface area contributed by atoms with Crippen LogP contribution in [-0.2, 0) is 15.9 Å². The maximum Gasteiger partial charge on any atom is 0.338 e. The van der Waals surface area contributed by atoms with Gasteiger partial charge in [-0.1, -0.05) is 73.5 Å². The zero-order valence-corrected chi connectivity index (χ0v) is 20.2. The molecule has 3 aromatic carbocycles. The average Bonchev–Trinajstić information content (AvgIpc) is 3.66. The van der Waals surface area contributed by atoms with E-state index in [1.165, 1.54) is 24.0 Å². The fourth-order valence-electron chi connectivity index (χ4n) is 8.50. The number of ether oxygens (including phenoxy) is 2. The van der Waals surface area contributed by atoms with Gasteiger partial charge in [0.2, 0.25) is 0 Å². The molecule has 4 aliphatic carbocycles. The lowest BCUT2D eigenvalue weighted by Gasteiger charge is -2.37. The van der Waals surface area contributed by atoms with Gasteiger partial charge in [0.25, 0.3) is 0 Å². The standard InChI is InChI=1S/C32H30O4/c33-30(20-11-3-1-4-12-20)35-28-26-24-19-22-15-7-8-16-23(22)25(24)27(32(26)17-9-10-18-32)29(28)36-31(34)21-13-5-2-6-14-21/h1-8,11-16,24-29H,9-10,17-19H2/t24?,25?,26?,27?,28-,29?/m1/s1. The fourth-order valence-corrected chi connectivity index (χ4v) is 8.50. The second-order valence-electron chi connectivity index (χ2n) is 11.1. The summed E-state index contributed by atoms with van der Waals surface area (Å²) in [7, 11) is 0. The number of rotatable bonds is 4. The maximum atomic E-state index is 13.4. The molecule has 36 heavy (non-hydrogen) atoms. The van der Waals surface area contributed by atoms with Crippen molar-refractivity contribution in [3.63, 3.8) is 0 Å². The molecule has 4 aliphatic rings. The van der Waals surface area contributed by atoms with Gasteiger partial charge in [-0.3, -0.25) is 0 Å². The van der Waals surface area contributed by atoms with E-state index in [0.29, 0.717) is 23.0 Å². The van der Waals surface area contributed by atoms with Gasteiger partial charge in [0.05, 0.1) is 11.1 Å². The molecule has 0 amide bonds. The van der Waals surface area contributed by atoms with E-state index >= 15 is 0 Å². The van der Waals surface area contributed by atoms with Crippen LogP contribution in [-0.4, -0.2) is 24.1 Å². The molecule has 5 unspecified atom stereocenters. The third-order valence-electron chi connectivity index (χ3n) is 9.58. The van der Waals surface area contributed by atoms with Crippen LogP contribution in [0.3, 0.4) is 0 Å². The molecule has 7 rings (SSSR count). The molecule has 0 radical (unpaired) electrons. The van der Waals surface area contributed by atoms with E-state index in [1.54, 1.807) is 24.3 Å². The van der Waals surface area contributed by atoms with Gasteiger partial charge in [-0.05, 0) is 71.9 Å². The van der Waals surface area contributed by atoms with E-state index in [9.17, 15) is 9.59 Å². The van der Waals surface area contributed by atoms with Crippen LogP contribution in [0.15, 0.2) is 84.9 Å². The van der Waals surface area contributed by atoms with Crippen LogP contribution in [0.2, 0.25) is 0 Å². The molecule has 1 spiro atoms. The van der Waals surface area contributed by atoms with E-state index in [4.69, 9.17) is 9.47 Å². The molecule has 182 valence electrons. The highest BCUT2D eigenvalue weighted by Crippen LogP contribution is 2.74. The number of carbonyl (C=O) groups is 2. The summed E-state index contributed by atoms with van der Waals surface area (Å²) < 4.78 is 12.7. The fraction of sp³-hybridized carbons (Fsp3) is 0.375. The van der Waals surface area contributed by atoms with E-state index < -0.39 is 12.2 Å². The summed E-state index contributed by atoms with van der Waals surface area (Å²) in [5.74, 6) is 0.484. The Morgan fingerprint density at radius 2 is 1.19 bits per heavy atom. The minimum atomic E-state index is -0.444. The van der Waals surface area contributed by atoms with Gasteiger partial charge in [0, 0.05) is 11.8 Å². The second kappa shape index (κ2) is 8.33. The normalized spacial score (nSPS) is 30.7. The SMILES string of the molecule is O=C(OC1C2C3c4ccccc4CC3C([C@H]1OC(=O)c1ccccc1)C21CCCC1)c1ccccc1. The highest BCUT2D eigenvalue weighted by atomic mass is 16.6. The Bertz CT molecular complexity index is 1290. The summed E-state index contributed by atoms with van der Waals surface area (Å²) in [5.41, 5.74) is 3.96. The topological polar surface area (TPSA) is 52.6 Å². The predicted octanol–water partition coefficient (Wildman–Crippen LogP) is 6.21. The molecule has 0 saturated heterocycles. The van der Waals surface area contributed by atoms with Gasteiger partial charge in [-0.15, -0.1) is 0 Å². The van der Waals surface area contributed by atoms with Gasteiger partial charge in [-0.2, -0.15) is 0 Å². The van der Waals surface area contributed by atoms with Crippen LogP contribution < -0.4 is 0 Å². The first-order chi connectivity index (χ1) is 17.7. The highest BCUT2D eigenvalue weighted by molar-refractivity contribution is 5.90. The molecule has 3 saturated carbocycles. The molecular weight excluding hydrogens is 448 g/mol. The van der Waals surface area contributed by atoms with Crippen molar-refractivity contribution in [2.24, 2.45) is 23.2 Å². The summed E-state index contributed by atoms with van der Waals surface area (Å²) in [4.78, 5) is 26.7. The number of benzene rings is 3. The van der Waals surface area contributed by atoms with Crippen LogP contribution in [0.4, 0.5) is 0 Å². The lowest BCUT2D eigenvalue weighted by atomic mass is 9.72. The summed E-state index contributed by atoms with van der Waals surface area (Å²) in [6, 6.07) is 27.1. The molecule has 0 aromatic heterocycles. The molecule has 2 bridgehead atoms. The average molecular weight is 479 g/mol. The Hall–Kier alpha value is -3.40. The van der Waals surface area contributed by atoms with Gasteiger partial charge in [-0.25, -0.2) is 9.59 Å². The third-order valence-corrected chi connectivity index (χ3v) is 9.58. The zero-order valence-electron chi connectivity index (χ0n) is 20.2. The lowest BCUT2D eigenvalue weighted by Crippen LogP contribution is -2.45. The molecular formula is C32H30O4. The first-order valence-corrected chi connectivity index (χ1v) is 13.3. The van der Waals surface area contributed by atoms with Crippen LogP contribution in [0.25, 0.3) is 0 Å². The molecule has 4 heteroatoms. The monoisotopic (exact) mass is 478 g/mol. The number of hydrogen-bond acceptors (Lipinski definition) is 4. The van der Waals surface area contributed by atoms with Crippen molar-refractivity contribution in [3.05, 3.63) is 107 Å². The quantitative estimate of drug-likeness (QED) is 0.418. The Kier molecular flexibility index (Phi) is 5.06. The van der Waals surface area contributed by atoms with E-state index in [0.717, 1.165) is 19.3 Å². The van der Waals surface area contributed by atoms with Gasteiger partial charge in [0.15, 0.2) is 0 Å². The van der Waals surface area contributed by atoms with Crippen molar-refractivity contribution >= 4 is 11.9 Å². The Labute approximate surface area is 211 Å². The largest absolute Gasteiger partial charge is 0.454 e. The maximum absolute atomic E-state index is 13.4. The van der Waals surface area contributed by atoms with Crippen LogP contribution >= 0.6 is 0 Å². The Balaban J connectivity index is 1.30. The van der Waals surface area contributed by atoms with Gasteiger partial charge in [0.1, 0.15) is 12.2 Å². The molecule has 3 aromatic rings. The van der Waals surface area contributed by atoms with Crippen molar-refractivity contribution in [2.75, 3.05) is 0 Å². The number of carbonyl (C=O) groups excluding carboxylic acids is 2. The van der Waals surface area contributed by atoms with Crippen molar-refractivity contribution < 1.29 is 19.1 Å². The van der Waals surface area contributed by atoms with Crippen LogP contribution in [0, 0.1) is 23.2 Å². The summed E-state index contributed by atoms with van der Waals surface area (Å²) in [6.07, 6.45) is 4.76. The molecule has 4 nitrogen and oxygen atoms in total. The number of esters is 2. The van der Waals surface area contributed by atoms with Crippen LogP contribution in [0.1, 0.15) is 63.4 Å².